The van der Waals surface area contributed by atoms with E-state index in [-0.39, 0.29) is 5.75 Å². The molecule has 0 spiro atoms. The molecule has 2 aromatic carbocycles. The zero-order chi connectivity index (χ0) is 16.2. The number of nitrogens with one attached hydrogen (secondary N) is 1. The van der Waals surface area contributed by atoms with Gasteiger partial charge in [0.05, 0.1) is 25.7 Å². The molecular formula is C16H19NO4S. The van der Waals surface area contributed by atoms with Crippen molar-refractivity contribution < 1.29 is 17.9 Å². The highest BCUT2D eigenvalue weighted by Crippen LogP contribution is 2.30. The molecule has 0 fully saturated rings. The van der Waals surface area contributed by atoms with Crippen molar-refractivity contribution in [2.75, 3.05) is 18.9 Å². The monoisotopic (exact) mass is 321 g/mol. The van der Waals surface area contributed by atoms with Crippen LogP contribution in [0.1, 0.15) is 11.1 Å². The zero-order valence-electron chi connectivity index (χ0n) is 12.8. The van der Waals surface area contributed by atoms with Gasteiger partial charge in [0.1, 0.15) is 11.5 Å². The first-order chi connectivity index (χ1) is 10.4. The number of ether oxygens (including phenoxy) is 2. The van der Waals surface area contributed by atoms with E-state index in [1.807, 2.05) is 25.1 Å². The molecule has 0 aliphatic rings. The van der Waals surface area contributed by atoms with E-state index in [4.69, 9.17) is 9.47 Å². The molecule has 0 saturated carbocycles. The van der Waals surface area contributed by atoms with Gasteiger partial charge in [0.15, 0.2) is 0 Å². The summed E-state index contributed by atoms with van der Waals surface area (Å²) in [7, 11) is -0.515. The molecule has 2 aromatic rings. The van der Waals surface area contributed by atoms with Crippen molar-refractivity contribution in [2.45, 2.75) is 12.7 Å². The van der Waals surface area contributed by atoms with Gasteiger partial charge in [-0.15, -0.1) is 0 Å². The second-order valence-corrected chi connectivity index (χ2v) is 6.58. The summed E-state index contributed by atoms with van der Waals surface area (Å²) in [6.07, 6.45) is 0. The van der Waals surface area contributed by atoms with E-state index in [1.165, 1.54) is 14.2 Å². The lowest BCUT2D eigenvalue weighted by Crippen LogP contribution is -2.16. The van der Waals surface area contributed by atoms with Gasteiger partial charge in [-0.25, -0.2) is 8.42 Å². The first kappa shape index (κ1) is 16.2. The van der Waals surface area contributed by atoms with Gasteiger partial charge in [0.25, 0.3) is 0 Å². The number of hydrogen-bond acceptors (Lipinski definition) is 4. The normalized spacial score (nSPS) is 11.0. The molecule has 2 rings (SSSR count). The van der Waals surface area contributed by atoms with Crippen molar-refractivity contribution >= 4 is 15.7 Å². The minimum absolute atomic E-state index is 0.0884. The van der Waals surface area contributed by atoms with E-state index >= 15 is 0 Å². The molecule has 0 aliphatic carbocycles. The van der Waals surface area contributed by atoms with Crippen LogP contribution in [0.4, 0.5) is 5.69 Å². The first-order valence-electron chi connectivity index (χ1n) is 6.72. The Bertz CT molecular complexity index is 756. The Labute approximate surface area is 130 Å². The molecule has 0 bridgehead atoms. The molecule has 0 atom stereocenters. The van der Waals surface area contributed by atoms with Crippen LogP contribution < -0.4 is 14.2 Å². The highest BCUT2D eigenvalue weighted by molar-refractivity contribution is 7.91. The van der Waals surface area contributed by atoms with Crippen LogP contribution in [0.15, 0.2) is 42.5 Å². The summed E-state index contributed by atoms with van der Waals surface area (Å²) in [5.74, 6) is 0.917. The summed E-state index contributed by atoms with van der Waals surface area (Å²) in [6, 6.07) is 12.3. The Balaban J connectivity index is 2.24. The van der Waals surface area contributed by atoms with Gasteiger partial charge in [-0.05, 0) is 30.2 Å². The number of aryl methyl sites for hydroxylation is 1. The zero-order valence-corrected chi connectivity index (χ0v) is 13.6. The number of hydrogen-bond donors (Lipinski definition) is 1. The van der Waals surface area contributed by atoms with Crippen LogP contribution in [-0.2, 0) is 15.8 Å². The van der Waals surface area contributed by atoms with Crippen LogP contribution >= 0.6 is 0 Å². The van der Waals surface area contributed by atoms with E-state index in [9.17, 15) is 8.42 Å². The van der Waals surface area contributed by atoms with Crippen molar-refractivity contribution in [3.05, 3.63) is 53.6 Å². The molecule has 1 N–H and O–H groups in total. The third kappa shape index (κ3) is 3.92. The van der Waals surface area contributed by atoms with E-state index in [1.54, 1.807) is 24.3 Å². The summed E-state index contributed by atoms with van der Waals surface area (Å²) in [6.45, 7) is 1.89. The smallest absolute Gasteiger partial charge is 0.237 e. The van der Waals surface area contributed by atoms with Gasteiger partial charge in [-0.1, -0.05) is 24.3 Å². The highest BCUT2D eigenvalue weighted by atomic mass is 32.2. The summed E-state index contributed by atoms with van der Waals surface area (Å²) in [5, 5.41) is 0. The maximum absolute atomic E-state index is 12.3. The third-order valence-corrected chi connectivity index (χ3v) is 4.50. The lowest BCUT2D eigenvalue weighted by atomic mass is 10.1. The van der Waals surface area contributed by atoms with Crippen molar-refractivity contribution in [3.8, 4) is 11.5 Å². The molecular weight excluding hydrogens is 302 g/mol. The maximum Gasteiger partial charge on any atom is 0.237 e. The molecule has 0 radical (unpaired) electrons. The van der Waals surface area contributed by atoms with Crippen LogP contribution in [-0.4, -0.2) is 22.6 Å². The van der Waals surface area contributed by atoms with Gasteiger partial charge >= 0.3 is 0 Å². The fourth-order valence-corrected chi connectivity index (χ4v) is 3.37. The van der Waals surface area contributed by atoms with Crippen LogP contribution in [0.25, 0.3) is 0 Å². The summed E-state index contributed by atoms with van der Waals surface area (Å²) >= 11 is 0. The quantitative estimate of drug-likeness (QED) is 0.888. The Morgan fingerprint density at radius 1 is 1.05 bits per heavy atom. The molecule has 0 aromatic heterocycles. The van der Waals surface area contributed by atoms with Crippen LogP contribution in [0, 0.1) is 6.92 Å². The predicted molar refractivity (Wildman–Crippen MR) is 87.0 cm³/mol. The molecule has 118 valence electrons. The molecule has 0 amide bonds. The average molecular weight is 321 g/mol. The fourth-order valence-electron chi connectivity index (χ4n) is 2.06. The summed E-state index contributed by atoms with van der Waals surface area (Å²) < 4.78 is 37.5. The number of anilines is 1. The van der Waals surface area contributed by atoms with Gasteiger partial charge in [0, 0.05) is 6.07 Å². The lowest BCUT2D eigenvalue weighted by Gasteiger charge is -2.13. The first-order valence-corrected chi connectivity index (χ1v) is 8.37. The highest BCUT2D eigenvalue weighted by Gasteiger charge is 2.16. The SMILES string of the molecule is COc1ccc(NS(=O)(=O)Cc2ccccc2C)c(OC)c1. The van der Waals surface area contributed by atoms with E-state index in [2.05, 4.69) is 4.72 Å². The van der Waals surface area contributed by atoms with Gasteiger partial charge in [-0.3, -0.25) is 4.72 Å². The summed E-state index contributed by atoms with van der Waals surface area (Å²) in [4.78, 5) is 0. The van der Waals surface area contributed by atoms with E-state index in [0.717, 1.165) is 11.1 Å². The largest absolute Gasteiger partial charge is 0.497 e. The predicted octanol–water partition coefficient (Wildman–Crippen LogP) is 2.95. The Hall–Kier alpha value is -2.21. The third-order valence-electron chi connectivity index (χ3n) is 3.28. The molecule has 0 unspecified atom stereocenters. The fraction of sp³-hybridized carbons (Fsp3) is 0.250. The minimum Gasteiger partial charge on any atom is -0.497 e. The number of sulfonamides is 1. The summed E-state index contributed by atoms with van der Waals surface area (Å²) in [5.41, 5.74) is 2.09. The van der Waals surface area contributed by atoms with Gasteiger partial charge in [-0.2, -0.15) is 0 Å². The van der Waals surface area contributed by atoms with Gasteiger partial charge in [0.2, 0.25) is 10.0 Å². The number of rotatable bonds is 6. The van der Waals surface area contributed by atoms with Crippen molar-refractivity contribution in [2.24, 2.45) is 0 Å². The van der Waals surface area contributed by atoms with Crippen LogP contribution in [0.3, 0.4) is 0 Å². The van der Waals surface area contributed by atoms with Crippen molar-refractivity contribution in [3.63, 3.8) is 0 Å². The molecule has 0 aliphatic heterocycles. The average Bonchev–Trinajstić information content (AvgIpc) is 2.49. The molecule has 22 heavy (non-hydrogen) atoms. The lowest BCUT2D eigenvalue weighted by molar-refractivity contribution is 0.395. The Kier molecular flexibility index (Phi) is 4.92. The maximum atomic E-state index is 12.3. The topological polar surface area (TPSA) is 64.6 Å². The molecule has 5 nitrogen and oxygen atoms in total. The standard InChI is InChI=1S/C16H19NO4S/c1-12-6-4-5-7-13(12)11-22(18,19)17-15-9-8-14(20-2)10-16(15)21-3/h4-10,17H,11H2,1-3H3. The molecule has 6 heteroatoms. The van der Waals surface area contributed by atoms with Gasteiger partial charge < -0.3 is 9.47 Å². The Morgan fingerprint density at radius 3 is 2.41 bits per heavy atom. The van der Waals surface area contributed by atoms with E-state index < -0.39 is 10.0 Å². The van der Waals surface area contributed by atoms with Crippen molar-refractivity contribution in [1.29, 1.82) is 0 Å². The van der Waals surface area contributed by atoms with Crippen LogP contribution in [0.5, 0.6) is 11.5 Å². The minimum atomic E-state index is -3.53. The second-order valence-electron chi connectivity index (χ2n) is 4.85. The number of methoxy groups -OCH3 is 2. The van der Waals surface area contributed by atoms with E-state index in [0.29, 0.717) is 17.2 Å². The Morgan fingerprint density at radius 2 is 1.77 bits per heavy atom. The van der Waals surface area contributed by atoms with Crippen molar-refractivity contribution in [1.82, 2.24) is 0 Å². The number of benzene rings is 2. The molecule has 0 heterocycles. The van der Waals surface area contributed by atoms with Crippen LogP contribution in [0.2, 0.25) is 0 Å². The second kappa shape index (κ2) is 6.70. The molecule has 0 saturated heterocycles.